The highest BCUT2D eigenvalue weighted by Crippen LogP contribution is 2.31. The molecule has 9 heteroatoms. The van der Waals surface area contributed by atoms with E-state index >= 15 is 0 Å². The van der Waals surface area contributed by atoms with Crippen LogP contribution >= 0.6 is 0 Å². The maximum absolute atomic E-state index is 12.9. The van der Waals surface area contributed by atoms with Crippen LogP contribution in [0.15, 0.2) is 60.8 Å². The molecule has 1 fully saturated rings. The summed E-state index contributed by atoms with van der Waals surface area (Å²) in [5.41, 5.74) is 3.35. The Morgan fingerprint density at radius 3 is 2.46 bits per heavy atom. The number of hydrogen-bond donors (Lipinski definition) is 1. The molecule has 6 nitrogen and oxygen atoms in total. The molecule has 1 saturated heterocycles. The van der Waals surface area contributed by atoms with Crippen molar-refractivity contribution in [3.8, 4) is 16.9 Å². The van der Waals surface area contributed by atoms with Crippen LogP contribution in [0.1, 0.15) is 22.3 Å². The van der Waals surface area contributed by atoms with E-state index in [1.807, 2.05) is 19.1 Å². The van der Waals surface area contributed by atoms with E-state index in [1.165, 1.54) is 12.1 Å². The second-order valence-electron chi connectivity index (χ2n) is 8.76. The van der Waals surface area contributed by atoms with Gasteiger partial charge in [0.1, 0.15) is 11.6 Å². The molecular formula is C26H27F3N4O2. The first-order valence-corrected chi connectivity index (χ1v) is 11.3. The first-order valence-electron chi connectivity index (χ1n) is 11.3. The number of halogens is 3. The highest BCUT2D eigenvalue weighted by atomic mass is 19.4. The third-order valence-electron chi connectivity index (χ3n) is 6.21. The van der Waals surface area contributed by atoms with Crippen LogP contribution in [0.5, 0.6) is 5.75 Å². The number of carbonyl (C=O) groups excluding carboxylic acids is 1. The van der Waals surface area contributed by atoms with Gasteiger partial charge >= 0.3 is 6.36 Å². The van der Waals surface area contributed by atoms with Crippen molar-refractivity contribution < 1.29 is 22.7 Å². The fraction of sp³-hybridized carbons (Fsp3) is 0.308. The summed E-state index contributed by atoms with van der Waals surface area (Å²) in [6, 6.07) is 15.2. The molecule has 1 amide bonds. The van der Waals surface area contributed by atoms with Crippen LogP contribution in [0, 0.1) is 6.92 Å². The molecule has 1 aromatic heterocycles. The van der Waals surface area contributed by atoms with Gasteiger partial charge in [0.25, 0.3) is 5.91 Å². The Hall–Kier alpha value is -3.59. The van der Waals surface area contributed by atoms with Crippen LogP contribution in [0.25, 0.3) is 11.1 Å². The maximum atomic E-state index is 12.9. The number of rotatable bonds is 6. The zero-order valence-electron chi connectivity index (χ0n) is 19.8. The zero-order valence-corrected chi connectivity index (χ0v) is 19.8. The second-order valence-corrected chi connectivity index (χ2v) is 8.76. The van der Waals surface area contributed by atoms with Gasteiger partial charge in [-0.2, -0.15) is 0 Å². The van der Waals surface area contributed by atoms with Crippen molar-refractivity contribution >= 4 is 17.4 Å². The number of aromatic nitrogens is 1. The molecule has 2 aromatic carbocycles. The van der Waals surface area contributed by atoms with Gasteiger partial charge in [0.15, 0.2) is 0 Å². The van der Waals surface area contributed by atoms with Crippen LogP contribution in [-0.4, -0.2) is 55.4 Å². The lowest BCUT2D eigenvalue weighted by Gasteiger charge is -2.21. The SMILES string of the molecule is Cc1c(NC(=O)c2ccc(N3CCC(N(C)C)C3)nc2)cccc1-c1ccc(OC(F)(F)F)cc1. The quantitative estimate of drug-likeness (QED) is 0.511. The number of amides is 1. The van der Waals surface area contributed by atoms with E-state index in [2.05, 4.69) is 38.9 Å². The molecule has 1 unspecified atom stereocenters. The van der Waals surface area contributed by atoms with Gasteiger partial charge in [0.05, 0.1) is 5.56 Å². The van der Waals surface area contributed by atoms with Crippen molar-refractivity contribution in [2.24, 2.45) is 0 Å². The van der Waals surface area contributed by atoms with Crippen LogP contribution in [0.3, 0.4) is 0 Å². The minimum absolute atomic E-state index is 0.286. The van der Waals surface area contributed by atoms with Gasteiger partial charge in [-0.1, -0.05) is 24.3 Å². The number of nitrogens with one attached hydrogen (secondary N) is 1. The summed E-state index contributed by atoms with van der Waals surface area (Å²) in [6.45, 7) is 3.68. The molecule has 184 valence electrons. The molecule has 35 heavy (non-hydrogen) atoms. The van der Waals surface area contributed by atoms with Crippen molar-refractivity contribution in [3.05, 3.63) is 71.9 Å². The molecule has 0 radical (unpaired) electrons. The van der Waals surface area contributed by atoms with Gasteiger partial charge in [-0.3, -0.25) is 4.79 Å². The highest BCUT2D eigenvalue weighted by molar-refractivity contribution is 6.05. The average molecular weight is 485 g/mol. The lowest BCUT2D eigenvalue weighted by atomic mass is 9.99. The van der Waals surface area contributed by atoms with E-state index in [0.717, 1.165) is 36.5 Å². The van der Waals surface area contributed by atoms with Crippen LogP contribution in [0.4, 0.5) is 24.7 Å². The van der Waals surface area contributed by atoms with Crippen molar-refractivity contribution in [2.75, 3.05) is 37.4 Å². The number of nitrogens with zero attached hydrogens (tertiary/aromatic N) is 3. The van der Waals surface area contributed by atoms with Crippen LogP contribution in [-0.2, 0) is 0 Å². The van der Waals surface area contributed by atoms with Crippen LogP contribution < -0.4 is 15.0 Å². The lowest BCUT2D eigenvalue weighted by molar-refractivity contribution is -0.274. The van der Waals surface area contributed by atoms with Crippen LogP contribution in [0.2, 0.25) is 0 Å². The normalized spacial score (nSPS) is 16.0. The molecule has 0 bridgehead atoms. The molecule has 1 aliphatic heterocycles. The topological polar surface area (TPSA) is 57.7 Å². The second kappa shape index (κ2) is 9.95. The molecule has 0 spiro atoms. The van der Waals surface area contributed by atoms with Gasteiger partial charge < -0.3 is 19.9 Å². The van der Waals surface area contributed by atoms with Gasteiger partial charge in [-0.15, -0.1) is 13.2 Å². The molecule has 1 atom stereocenters. The van der Waals surface area contributed by atoms with E-state index in [1.54, 1.807) is 36.5 Å². The Kier molecular flexibility index (Phi) is 6.98. The van der Waals surface area contributed by atoms with Crippen molar-refractivity contribution in [1.29, 1.82) is 0 Å². The van der Waals surface area contributed by atoms with E-state index < -0.39 is 6.36 Å². The largest absolute Gasteiger partial charge is 0.573 e. The van der Waals surface area contributed by atoms with Gasteiger partial charge in [-0.25, -0.2) is 4.98 Å². The Balaban J connectivity index is 1.45. The molecule has 4 rings (SSSR count). The van der Waals surface area contributed by atoms with Gasteiger partial charge in [0, 0.05) is 31.0 Å². The predicted molar refractivity (Wildman–Crippen MR) is 130 cm³/mol. The molecular weight excluding hydrogens is 457 g/mol. The predicted octanol–water partition coefficient (Wildman–Crippen LogP) is 5.35. The molecule has 1 aliphatic rings. The maximum Gasteiger partial charge on any atom is 0.573 e. The molecule has 0 aliphatic carbocycles. The minimum Gasteiger partial charge on any atom is -0.406 e. The number of anilines is 2. The summed E-state index contributed by atoms with van der Waals surface area (Å²) in [5.74, 6) is 0.276. The van der Waals surface area contributed by atoms with E-state index in [4.69, 9.17) is 0 Å². The summed E-state index contributed by atoms with van der Waals surface area (Å²) >= 11 is 0. The van der Waals surface area contributed by atoms with Crippen molar-refractivity contribution in [3.63, 3.8) is 0 Å². The van der Waals surface area contributed by atoms with E-state index in [0.29, 0.717) is 22.9 Å². The number of alkyl halides is 3. The van der Waals surface area contributed by atoms with Gasteiger partial charge in [0.2, 0.25) is 0 Å². The third kappa shape index (κ3) is 5.92. The summed E-state index contributed by atoms with van der Waals surface area (Å²) in [5, 5.41) is 2.92. The standard InChI is InChI=1S/C26H27F3N4O2/c1-17-22(18-7-10-21(11-8-18)35-26(27,28)29)5-4-6-23(17)31-25(34)19-9-12-24(30-15-19)33-14-13-20(16-33)32(2)3/h4-12,15,20H,13-14,16H2,1-3H3,(H,31,34). The Labute approximate surface area is 202 Å². The van der Waals surface area contributed by atoms with Gasteiger partial charge in [-0.05, 0) is 74.5 Å². The number of benzene rings is 2. The minimum atomic E-state index is -4.74. The molecule has 1 N–H and O–H groups in total. The number of carbonyl (C=O) groups is 1. The molecule has 3 aromatic rings. The third-order valence-corrected chi connectivity index (χ3v) is 6.21. The van der Waals surface area contributed by atoms with Crippen molar-refractivity contribution in [2.45, 2.75) is 25.7 Å². The van der Waals surface area contributed by atoms with E-state index in [-0.39, 0.29) is 11.7 Å². The summed E-state index contributed by atoms with van der Waals surface area (Å²) in [7, 11) is 4.15. The Morgan fingerprint density at radius 1 is 1.11 bits per heavy atom. The number of likely N-dealkylation sites (N-methyl/N-ethyl adjacent to an activating group) is 1. The monoisotopic (exact) mass is 484 g/mol. The Morgan fingerprint density at radius 2 is 1.86 bits per heavy atom. The number of ether oxygens (including phenoxy) is 1. The molecule has 2 heterocycles. The summed E-state index contributed by atoms with van der Waals surface area (Å²) < 4.78 is 41.2. The average Bonchev–Trinajstić information content (AvgIpc) is 3.31. The fourth-order valence-corrected chi connectivity index (χ4v) is 4.19. The first-order chi connectivity index (χ1) is 16.6. The number of pyridine rings is 1. The zero-order chi connectivity index (χ0) is 25.2. The smallest absolute Gasteiger partial charge is 0.406 e. The van der Waals surface area contributed by atoms with Crippen molar-refractivity contribution in [1.82, 2.24) is 9.88 Å². The first kappa shape index (κ1) is 24.5. The number of hydrogen-bond acceptors (Lipinski definition) is 5. The fourth-order valence-electron chi connectivity index (χ4n) is 4.19. The summed E-state index contributed by atoms with van der Waals surface area (Å²) in [6.07, 6.45) is -2.09. The molecule has 0 saturated carbocycles. The lowest BCUT2D eigenvalue weighted by Crippen LogP contribution is -2.31. The summed E-state index contributed by atoms with van der Waals surface area (Å²) in [4.78, 5) is 21.8. The van der Waals surface area contributed by atoms with E-state index in [9.17, 15) is 18.0 Å². The highest BCUT2D eigenvalue weighted by Gasteiger charge is 2.31. The Bertz CT molecular complexity index is 1180.